The second-order valence-electron chi connectivity index (χ2n) is 7.95. The van der Waals surface area contributed by atoms with Crippen molar-refractivity contribution in [1.82, 2.24) is 15.1 Å². The topological polar surface area (TPSA) is 88.2 Å². The van der Waals surface area contributed by atoms with E-state index in [1.165, 1.54) is 0 Å². The Morgan fingerprint density at radius 1 is 1.21 bits per heavy atom. The number of fused-ring (bicyclic) bond motifs is 1. The monoisotopic (exact) mass is 401 g/mol. The Morgan fingerprint density at radius 3 is 2.72 bits per heavy atom. The maximum atomic E-state index is 13.2. The number of hydrogen-bond donors (Lipinski definition) is 1. The van der Waals surface area contributed by atoms with E-state index in [0.717, 1.165) is 30.6 Å². The Morgan fingerprint density at radius 2 is 1.97 bits per heavy atom. The van der Waals surface area contributed by atoms with Crippen LogP contribution in [0.15, 0.2) is 18.2 Å². The Kier molecular flexibility index (Phi) is 5.10. The van der Waals surface area contributed by atoms with Crippen LogP contribution >= 0.6 is 0 Å². The van der Waals surface area contributed by atoms with Gasteiger partial charge in [0.2, 0.25) is 5.91 Å². The van der Waals surface area contributed by atoms with Crippen molar-refractivity contribution < 1.29 is 23.9 Å². The minimum Gasteiger partial charge on any atom is -0.486 e. The molecule has 29 heavy (non-hydrogen) atoms. The summed E-state index contributed by atoms with van der Waals surface area (Å²) in [6.07, 6.45) is 3.91. The number of likely N-dealkylation sites (tertiary alicyclic amines) is 1. The number of carbonyl (C=O) groups is 3. The third-order valence-corrected chi connectivity index (χ3v) is 6.11. The number of amides is 4. The third-order valence-electron chi connectivity index (χ3n) is 6.11. The summed E-state index contributed by atoms with van der Waals surface area (Å²) in [4.78, 5) is 41.5. The van der Waals surface area contributed by atoms with Crippen molar-refractivity contribution in [2.75, 3.05) is 26.3 Å². The molecule has 3 aliphatic rings. The summed E-state index contributed by atoms with van der Waals surface area (Å²) in [5, 5.41) is 2.76. The van der Waals surface area contributed by atoms with Gasteiger partial charge in [0.05, 0.1) is 0 Å². The number of nitrogens with zero attached hydrogens (tertiary/aromatic N) is 2. The Balaban J connectivity index is 1.53. The lowest BCUT2D eigenvalue weighted by Gasteiger charge is -2.36. The van der Waals surface area contributed by atoms with Gasteiger partial charge in [-0.15, -0.1) is 0 Å². The molecule has 1 aromatic rings. The number of carbonyl (C=O) groups excluding carboxylic acids is 3. The number of ether oxygens (including phenoxy) is 2. The number of rotatable bonds is 4. The van der Waals surface area contributed by atoms with Crippen molar-refractivity contribution in [3.63, 3.8) is 0 Å². The first-order valence-electron chi connectivity index (χ1n) is 10.3. The van der Waals surface area contributed by atoms with Gasteiger partial charge in [-0.1, -0.05) is 13.0 Å². The van der Waals surface area contributed by atoms with Gasteiger partial charge in [-0.05, 0) is 50.3 Å². The molecular weight excluding hydrogens is 374 g/mol. The van der Waals surface area contributed by atoms with Crippen molar-refractivity contribution >= 4 is 17.8 Å². The highest BCUT2D eigenvalue weighted by molar-refractivity contribution is 6.09. The molecule has 0 bridgehead atoms. The first-order chi connectivity index (χ1) is 13.9. The van der Waals surface area contributed by atoms with E-state index in [4.69, 9.17) is 9.47 Å². The summed E-state index contributed by atoms with van der Waals surface area (Å²) in [7, 11) is 0. The van der Waals surface area contributed by atoms with Gasteiger partial charge in [0.25, 0.3) is 5.91 Å². The van der Waals surface area contributed by atoms with Crippen LogP contribution in [0.1, 0.15) is 45.1 Å². The highest BCUT2D eigenvalue weighted by Crippen LogP contribution is 2.37. The van der Waals surface area contributed by atoms with E-state index in [0.29, 0.717) is 36.8 Å². The summed E-state index contributed by atoms with van der Waals surface area (Å²) >= 11 is 0. The predicted molar refractivity (Wildman–Crippen MR) is 105 cm³/mol. The zero-order valence-corrected chi connectivity index (χ0v) is 16.9. The van der Waals surface area contributed by atoms with E-state index in [1.54, 1.807) is 25.1 Å². The molecule has 4 rings (SSSR count). The van der Waals surface area contributed by atoms with Gasteiger partial charge in [-0.2, -0.15) is 0 Å². The van der Waals surface area contributed by atoms with E-state index < -0.39 is 17.5 Å². The first kappa shape index (κ1) is 19.5. The van der Waals surface area contributed by atoms with Crippen LogP contribution in [0, 0.1) is 0 Å². The average Bonchev–Trinajstić information content (AvgIpc) is 2.97. The highest BCUT2D eigenvalue weighted by Gasteiger charge is 2.50. The SMILES string of the molecule is CC[C@H]1CCCCN1C(=O)CN1C(=O)N[C@](C)(c2ccc3c(c2)OCCO3)C1=O. The van der Waals surface area contributed by atoms with Crippen LogP contribution in [0.4, 0.5) is 4.79 Å². The standard InChI is InChI=1S/C21H27N3O5/c1-3-15-6-4-5-9-23(15)18(25)13-24-19(26)21(2,22-20(24)27)14-7-8-16-17(12-14)29-11-10-28-16/h7-8,12,15H,3-6,9-11,13H2,1-2H3,(H,22,27)/t15-,21+/m0/s1. The number of hydrogen-bond acceptors (Lipinski definition) is 5. The third kappa shape index (κ3) is 3.41. The summed E-state index contributed by atoms with van der Waals surface area (Å²) in [5.74, 6) is 0.554. The second kappa shape index (κ2) is 7.57. The lowest BCUT2D eigenvalue weighted by atomic mass is 9.91. The quantitative estimate of drug-likeness (QED) is 0.780. The maximum absolute atomic E-state index is 13.2. The maximum Gasteiger partial charge on any atom is 0.325 e. The molecule has 0 radical (unpaired) electrons. The number of piperidine rings is 1. The Bertz CT molecular complexity index is 842. The molecule has 0 unspecified atom stereocenters. The lowest BCUT2D eigenvalue weighted by molar-refractivity contribution is -0.141. The molecule has 0 aliphatic carbocycles. The molecule has 3 aliphatic heterocycles. The van der Waals surface area contributed by atoms with Crippen LogP contribution in [0.5, 0.6) is 11.5 Å². The molecule has 1 N–H and O–H groups in total. The number of nitrogens with one attached hydrogen (secondary N) is 1. The van der Waals surface area contributed by atoms with Gasteiger partial charge in [0.1, 0.15) is 25.3 Å². The van der Waals surface area contributed by atoms with Gasteiger partial charge in [-0.25, -0.2) is 4.79 Å². The second-order valence-corrected chi connectivity index (χ2v) is 7.95. The number of urea groups is 1. The van der Waals surface area contributed by atoms with E-state index in [1.807, 2.05) is 4.90 Å². The van der Waals surface area contributed by atoms with Crippen LogP contribution in [-0.2, 0) is 15.1 Å². The van der Waals surface area contributed by atoms with Crippen molar-refractivity contribution in [2.45, 2.75) is 51.1 Å². The molecule has 3 heterocycles. The van der Waals surface area contributed by atoms with Crippen LogP contribution in [-0.4, -0.2) is 60.0 Å². The summed E-state index contributed by atoms with van der Waals surface area (Å²) < 4.78 is 11.1. The van der Waals surface area contributed by atoms with Crippen LogP contribution < -0.4 is 14.8 Å². The molecule has 8 nitrogen and oxygen atoms in total. The molecule has 4 amide bonds. The van der Waals surface area contributed by atoms with Crippen LogP contribution in [0.25, 0.3) is 0 Å². The smallest absolute Gasteiger partial charge is 0.325 e. The molecule has 1 aromatic carbocycles. The molecule has 0 aromatic heterocycles. The minimum atomic E-state index is -1.25. The molecular formula is C21H27N3O5. The predicted octanol–water partition coefficient (Wildman–Crippen LogP) is 2.02. The zero-order chi connectivity index (χ0) is 20.6. The normalized spacial score (nSPS) is 26.5. The average molecular weight is 401 g/mol. The van der Waals surface area contributed by atoms with Crippen molar-refractivity contribution in [3.05, 3.63) is 23.8 Å². The van der Waals surface area contributed by atoms with Gasteiger partial charge >= 0.3 is 6.03 Å². The Labute approximate surface area is 170 Å². The van der Waals surface area contributed by atoms with E-state index in [-0.39, 0.29) is 18.5 Å². The van der Waals surface area contributed by atoms with E-state index in [2.05, 4.69) is 12.2 Å². The van der Waals surface area contributed by atoms with E-state index >= 15 is 0 Å². The van der Waals surface area contributed by atoms with E-state index in [9.17, 15) is 14.4 Å². The molecule has 8 heteroatoms. The van der Waals surface area contributed by atoms with Crippen molar-refractivity contribution in [1.29, 1.82) is 0 Å². The van der Waals surface area contributed by atoms with Gasteiger partial charge in [0.15, 0.2) is 11.5 Å². The zero-order valence-electron chi connectivity index (χ0n) is 16.9. The highest BCUT2D eigenvalue weighted by atomic mass is 16.6. The largest absolute Gasteiger partial charge is 0.486 e. The van der Waals surface area contributed by atoms with Gasteiger partial charge in [0, 0.05) is 12.6 Å². The van der Waals surface area contributed by atoms with Crippen LogP contribution in [0.3, 0.4) is 0 Å². The number of imide groups is 1. The summed E-state index contributed by atoms with van der Waals surface area (Å²) in [6.45, 7) is 5.07. The molecule has 2 saturated heterocycles. The minimum absolute atomic E-state index is 0.175. The van der Waals surface area contributed by atoms with Crippen LogP contribution in [0.2, 0.25) is 0 Å². The van der Waals surface area contributed by atoms with Gasteiger partial charge in [-0.3, -0.25) is 14.5 Å². The molecule has 0 spiro atoms. The van der Waals surface area contributed by atoms with Crippen molar-refractivity contribution in [3.8, 4) is 11.5 Å². The lowest BCUT2D eigenvalue weighted by Crippen LogP contribution is -2.49. The Hall–Kier alpha value is -2.77. The molecule has 2 fully saturated rings. The first-order valence-corrected chi connectivity index (χ1v) is 10.3. The molecule has 156 valence electrons. The molecule has 2 atom stereocenters. The summed E-state index contributed by atoms with van der Waals surface area (Å²) in [5.41, 5.74) is -0.654. The van der Waals surface area contributed by atoms with Crippen molar-refractivity contribution in [2.24, 2.45) is 0 Å². The molecule has 0 saturated carbocycles. The fourth-order valence-corrected chi connectivity index (χ4v) is 4.37. The fraction of sp³-hybridized carbons (Fsp3) is 0.571. The van der Waals surface area contributed by atoms with Gasteiger partial charge < -0.3 is 19.7 Å². The fourth-order valence-electron chi connectivity index (χ4n) is 4.37. The summed E-state index contributed by atoms with van der Waals surface area (Å²) in [6, 6.07) is 4.83. The number of benzene rings is 1.